The highest BCUT2D eigenvalue weighted by Gasteiger charge is 2.23. The minimum absolute atomic E-state index is 0.0119. The maximum absolute atomic E-state index is 13.0. The first-order valence-electron chi connectivity index (χ1n) is 9.21. The van der Waals surface area contributed by atoms with E-state index in [0.717, 1.165) is 10.4 Å². The van der Waals surface area contributed by atoms with Gasteiger partial charge in [0.25, 0.3) is 11.4 Å². The molecule has 0 fully saturated rings. The topological polar surface area (TPSA) is 76.4 Å². The van der Waals surface area contributed by atoms with Crippen LogP contribution in [0, 0.1) is 0 Å². The monoisotopic (exact) mass is 399 g/mol. The van der Waals surface area contributed by atoms with Crippen molar-refractivity contribution in [2.24, 2.45) is 0 Å². The third-order valence-corrected chi connectivity index (χ3v) is 5.60. The number of hydrogen-bond acceptors (Lipinski definition) is 6. The minimum atomic E-state index is -0.286. The molecule has 6 nitrogen and oxygen atoms in total. The summed E-state index contributed by atoms with van der Waals surface area (Å²) in [4.78, 5) is 17.7. The average Bonchev–Trinajstić information content (AvgIpc) is 3.00. The van der Waals surface area contributed by atoms with Gasteiger partial charge < -0.3 is 15.2 Å². The molecule has 0 aliphatic rings. The van der Waals surface area contributed by atoms with Crippen LogP contribution in [-0.4, -0.2) is 27.2 Å². The number of ether oxygens (including phenoxy) is 1. The first-order valence-corrected chi connectivity index (χ1v) is 9.98. The van der Waals surface area contributed by atoms with Crippen molar-refractivity contribution in [3.05, 3.63) is 59.0 Å². The number of aromatic hydroxyl groups is 1. The lowest BCUT2D eigenvalue weighted by Gasteiger charge is -2.18. The molecule has 0 unspecified atom stereocenters. The molecule has 3 rings (SSSR count). The van der Waals surface area contributed by atoms with Gasteiger partial charge in [-0.15, -0.1) is 0 Å². The number of pyridine rings is 1. The largest absolute Gasteiger partial charge is 0.491 e. The van der Waals surface area contributed by atoms with Crippen molar-refractivity contribution in [1.82, 2.24) is 8.94 Å². The number of nitrogens with one attached hydrogen (secondary N) is 1. The maximum Gasteiger partial charge on any atom is 0.285 e. The molecule has 1 aromatic carbocycles. The number of benzene rings is 1. The number of anilines is 1. The van der Waals surface area contributed by atoms with Gasteiger partial charge in [0.1, 0.15) is 5.69 Å². The van der Waals surface area contributed by atoms with Crippen LogP contribution in [0.5, 0.6) is 11.6 Å². The Bertz CT molecular complexity index is 975. The lowest BCUT2D eigenvalue weighted by molar-refractivity contribution is 0.293. The van der Waals surface area contributed by atoms with Gasteiger partial charge in [0.15, 0.2) is 5.75 Å². The lowest BCUT2D eigenvalue weighted by atomic mass is 10.1. The predicted octanol–water partition coefficient (Wildman–Crippen LogP) is 4.31. The summed E-state index contributed by atoms with van der Waals surface area (Å²) in [6.45, 7) is 7.06. The second-order valence-electron chi connectivity index (χ2n) is 7.39. The molecule has 0 saturated carbocycles. The fourth-order valence-electron chi connectivity index (χ4n) is 2.72. The standard InChI is InChI=1S/C21H25N3O3S/c1-21(2,3)24-20(26)17(18(28-24)15-9-5-4-6-10-15)22-13-8-14-27-16-11-7-12-23-19(16)25/h4-7,9-12,22H,8,13-14H2,1-3H3,(H,23,25). The molecule has 148 valence electrons. The van der Waals surface area contributed by atoms with Crippen molar-refractivity contribution in [3.63, 3.8) is 0 Å². The Morgan fingerprint density at radius 2 is 1.93 bits per heavy atom. The zero-order valence-corrected chi connectivity index (χ0v) is 17.1. The van der Waals surface area contributed by atoms with Crippen LogP contribution in [0.1, 0.15) is 27.2 Å². The predicted molar refractivity (Wildman–Crippen MR) is 114 cm³/mol. The van der Waals surface area contributed by atoms with Crippen LogP contribution < -0.4 is 15.6 Å². The van der Waals surface area contributed by atoms with E-state index < -0.39 is 0 Å². The minimum Gasteiger partial charge on any atom is -0.491 e. The van der Waals surface area contributed by atoms with Crippen molar-refractivity contribution >= 4 is 17.2 Å². The van der Waals surface area contributed by atoms with Crippen molar-refractivity contribution in [2.75, 3.05) is 18.5 Å². The first-order chi connectivity index (χ1) is 13.4. The third-order valence-electron chi connectivity index (χ3n) is 4.08. The molecule has 0 bridgehead atoms. The summed E-state index contributed by atoms with van der Waals surface area (Å²) in [6, 6.07) is 13.3. The Hall–Kier alpha value is -2.80. The fraction of sp³-hybridized carbons (Fsp3) is 0.333. The van der Waals surface area contributed by atoms with E-state index in [4.69, 9.17) is 4.74 Å². The first kappa shape index (κ1) is 19.9. The normalized spacial score (nSPS) is 11.4. The van der Waals surface area contributed by atoms with Crippen molar-refractivity contribution in [3.8, 4) is 22.1 Å². The van der Waals surface area contributed by atoms with Crippen LogP contribution in [0.25, 0.3) is 10.4 Å². The second kappa shape index (κ2) is 8.48. The third kappa shape index (κ3) is 4.54. The van der Waals surface area contributed by atoms with Gasteiger partial charge in [0.05, 0.1) is 17.0 Å². The highest BCUT2D eigenvalue weighted by Crippen LogP contribution is 2.33. The summed E-state index contributed by atoms with van der Waals surface area (Å²) in [7, 11) is 0. The van der Waals surface area contributed by atoms with E-state index in [0.29, 0.717) is 31.0 Å². The molecule has 0 amide bonds. The number of aromatic nitrogens is 2. The molecular formula is C21H25N3O3S. The lowest BCUT2D eigenvalue weighted by Crippen LogP contribution is -2.30. The smallest absolute Gasteiger partial charge is 0.285 e. The van der Waals surface area contributed by atoms with Crippen molar-refractivity contribution < 1.29 is 9.84 Å². The summed E-state index contributed by atoms with van der Waals surface area (Å²) in [5.74, 6) is 0.241. The molecule has 3 aromatic rings. The zero-order valence-electron chi connectivity index (χ0n) is 16.3. The van der Waals surface area contributed by atoms with E-state index in [1.165, 1.54) is 17.7 Å². The molecule has 7 heteroatoms. The number of hydrogen-bond donors (Lipinski definition) is 2. The van der Waals surface area contributed by atoms with E-state index in [1.807, 2.05) is 55.1 Å². The molecule has 2 aromatic heterocycles. The molecule has 2 N–H and O–H groups in total. The van der Waals surface area contributed by atoms with Crippen LogP contribution in [0.3, 0.4) is 0 Å². The molecule has 0 saturated heterocycles. The van der Waals surface area contributed by atoms with E-state index in [1.54, 1.807) is 12.1 Å². The highest BCUT2D eigenvalue weighted by atomic mass is 32.1. The molecular weight excluding hydrogens is 374 g/mol. The van der Waals surface area contributed by atoms with Crippen molar-refractivity contribution in [2.45, 2.75) is 32.7 Å². The summed E-state index contributed by atoms with van der Waals surface area (Å²) >= 11 is 1.48. The number of nitrogens with zero attached hydrogens (tertiary/aromatic N) is 2. The van der Waals surface area contributed by atoms with Crippen molar-refractivity contribution in [1.29, 1.82) is 0 Å². The molecule has 0 spiro atoms. The van der Waals surface area contributed by atoms with Crippen LogP contribution in [0.2, 0.25) is 0 Å². The summed E-state index contributed by atoms with van der Waals surface area (Å²) in [5.41, 5.74) is 1.34. The quantitative estimate of drug-likeness (QED) is 0.579. The van der Waals surface area contributed by atoms with Gasteiger partial charge in [-0.3, -0.25) is 8.75 Å². The van der Waals surface area contributed by atoms with Crippen LogP contribution in [0.4, 0.5) is 5.69 Å². The molecule has 0 radical (unpaired) electrons. The Labute approximate surface area is 168 Å². The highest BCUT2D eigenvalue weighted by molar-refractivity contribution is 7.11. The van der Waals surface area contributed by atoms with Gasteiger partial charge in [0, 0.05) is 12.7 Å². The summed E-state index contributed by atoms with van der Waals surface area (Å²) < 4.78 is 7.35. The Morgan fingerprint density at radius 1 is 1.18 bits per heavy atom. The summed E-state index contributed by atoms with van der Waals surface area (Å²) in [5, 5.41) is 12.9. The van der Waals surface area contributed by atoms with Crippen LogP contribution >= 0.6 is 11.5 Å². The number of rotatable bonds is 7. The van der Waals surface area contributed by atoms with Gasteiger partial charge in [-0.2, -0.15) is 0 Å². The van der Waals surface area contributed by atoms with E-state index in [9.17, 15) is 9.90 Å². The van der Waals surface area contributed by atoms with Gasteiger partial charge >= 0.3 is 0 Å². The second-order valence-corrected chi connectivity index (χ2v) is 8.34. The van der Waals surface area contributed by atoms with Crippen LogP contribution in [0.15, 0.2) is 53.5 Å². The van der Waals surface area contributed by atoms with E-state index >= 15 is 0 Å². The summed E-state index contributed by atoms with van der Waals surface area (Å²) in [6.07, 6.45) is 2.18. The van der Waals surface area contributed by atoms with E-state index in [2.05, 4.69) is 10.3 Å². The molecule has 0 aliphatic carbocycles. The molecule has 0 aliphatic heterocycles. The van der Waals surface area contributed by atoms with Gasteiger partial charge in [-0.25, -0.2) is 4.98 Å². The molecule has 28 heavy (non-hydrogen) atoms. The molecule has 0 atom stereocenters. The Balaban J connectivity index is 1.71. The zero-order chi connectivity index (χ0) is 20.1. The molecule has 2 heterocycles. The maximum atomic E-state index is 13.0. The van der Waals surface area contributed by atoms with Gasteiger partial charge in [-0.05, 0) is 44.9 Å². The Morgan fingerprint density at radius 3 is 2.61 bits per heavy atom. The van der Waals surface area contributed by atoms with Gasteiger partial charge in [-0.1, -0.05) is 41.9 Å². The fourth-order valence-corrected chi connectivity index (χ4v) is 3.85. The van der Waals surface area contributed by atoms with E-state index in [-0.39, 0.29) is 17.0 Å². The van der Waals surface area contributed by atoms with Gasteiger partial charge in [0.2, 0.25) is 0 Å². The average molecular weight is 400 g/mol. The SMILES string of the molecule is CC(C)(C)n1sc(-c2ccccc2)c(NCCCOc2cccnc2O)c1=O. The Kier molecular flexibility index (Phi) is 6.04. The van der Waals surface area contributed by atoms with Crippen LogP contribution in [-0.2, 0) is 5.54 Å².